The first-order valence-electron chi connectivity index (χ1n) is 5.95. The van der Waals surface area contributed by atoms with E-state index in [0.717, 1.165) is 6.29 Å². The summed E-state index contributed by atoms with van der Waals surface area (Å²) in [6.07, 6.45) is 1.49. The van der Waals surface area contributed by atoms with Gasteiger partial charge in [0, 0.05) is 25.6 Å². The Morgan fingerprint density at radius 2 is 2.18 bits per heavy atom. The van der Waals surface area contributed by atoms with Gasteiger partial charge in [0.05, 0.1) is 6.61 Å². The molecule has 0 N–H and O–H groups in total. The SMILES string of the molecule is CC(C)(C)OC(=O)N1CCOCCC1CC=O. The zero-order valence-corrected chi connectivity index (χ0v) is 10.8. The van der Waals surface area contributed by atoms with Crippen molar-refractivity contribution >= 4 is 12.4 Å². The Morgan fingerprint density at radius 1 is 1.47 bits per heavy atom. The molecule has 5 heteroatoms. The molecule has 1 amide bonds. The summed E-state index contributed by atoms with van der Waals surface area (Å²) in [5, 5.41) is 0. The van der Waals surface area contributed by atoms with E-state index in [1.165, 1.54) is 0 Å². The number of amides is 1. The number of carbonyl (C=O) groups excluding carboxylic acids is 2. The van der Waals surface area contributed by atoms with E-state index in [4.69, 9.17) is 9.47 Å². The van der Waals surface area contributed by atoms with E-state index >= 15 is 0 Å². The third kappa shape index (κ3) is 4.73. The summed E-state index contributed by atoms with van der Waals surface area (Å²) in [5.74, 6) is 0. The smallest absolute Gasteiger partial charge is 0.410 e. The van der Waals surface area contributed by atoms with Crippen LogP contribution in [0.4, 0.5) is 4.79 Å². The highest BCUT2D eigenvalue weighted by Crippen LogP contribution is 2.16. The molecule has 0 bridgehead atoms. The zero-order valence-electron chi connectivity index (χ0n) is 10.8. The number of hydrogen-bond acceptors (Lipinski definition) is 4. The fraction of sp³-hybridized carbons (Fsp3) is 0.833. The molecule has 1 aliphatic heterocycles. The van der Waals surface area contributed by atoms with Gasteiger partial charge in [-0.2, -0.15) is 0 Å². The molecule has 1 aliphatic rings. The van der Waals surface area contributed by atoms with Gasteiger partial charge < -0.3 is 19.2 Å². The molecule has 1 fully saturated rings. The number of rotatable bonds is 2. The van der Waals surface area contributed by atoms with Crippen molar-refractivity contribution in [3.05, 3.63) is 0 Å². The molecule has 1 saturated heterocycles. The number of hydrogen-bond donors (Lipinski definition) is 0. The predicted octanol–water partition coefficient (Wildman–Crippen LogP) is 1.60. The minimum absolute atomic E-state index is 0.107. The standard InChI is InChI=1S/C12H21NO4/c1-12(2,3)17-11(15)13-6-9-16-8-5-10(13)4-7-14/h7,10H,4-6,8-9H2,1-3H3. The Hall–Kier alpha value is -1.10. The fourth-order valence-corrected chi connectivity index (χ4v) is 1.74. The lowest BCUT2D eigenvalue weighted by atomic mass is 10.1. The van der Waals surface area contributed by atoms with Crippen molar-refractivity contribution in [2.24, 2.45) is 0 Å². The van der Waals surface area contributed by atoms with Crippen LogP contribution in [0.15, 0.2) is 0 Å². The molecule has 0 spiro atoms. The monoisotopic (exact) mass is 243 g/mol. The second kappa shape index (κ2) is 6.00. The first-order valence-corrected chi connectivity index (χ1v) is 5.95. The van der Waals surface area contributed by atoms with Crippen LogP contribution in [-0.4, -0.2) is 48.7 Å². The Balaban J connectivity index is 2.67. The van der Waals surface area contributed by atoms with Crippen molar-refractivity contribution < 1.29 is 19.1 Å². The third-order valence-electron chi connectivity index (χ3n) is 2.51. The summed E-state index contributed by atoms with van der Waals surface area (Å²) in [4.78, 5) is 24.2. The highest BCUT2D eigenvalue weighted by atomic mass is 16.6. The summed E-state index contributed by atoms with van der Waals surface area (Å²) in [6, 6.07) is -0.107. The van der Waals surface area contributed by atoms with E-state index in [9.17, 15) is 9.59 Å². The molecule has 17 heavy (non-hydrogen) atoms. The van der Waals surface area contributed by atoms with Crippen molar-refractivity contribution in [1.82, 2.24) is 4.90 Å². The maximum absolute atomic E-state index is 12.0. The summed E-state index contributed by atoms with van der Waals surface area (Å²) >= 11 is 0. The molecule has 0 aromatic rings. The van der Waals surface area contributed by atoms with Gasteiger partial charge >= 0.3 is 6.09 Å². The molecule has 1 rings (SSSR count). The first-order chi connectivity index (χ1) is 7.94. The van der Waals surface area contributed by atoms with Crippen LogP contribution in [-0.2, 0) is 14.3 Å². The van der Waals surface area contributed by atoms with Gasteiger partial charge in [-0.05, 0) is 27.2 Å². The molecular weight excluding hydrogens is 222 g/mol. The lowest BCUT2D eigenvalue weighted by molar-refractivity contribution is -0.108. The minimum atomic E-state index is -0.518. The lowest BCUT2D eigenvalue weighted by Crippen LogP contribution is -2.44. The Bertz CT molecular complexity index is 272. The largest absolute Gasteiger partial charge is 0.444 e. The van der Waals surface area contributed by atoms with Gasteiger partial charge in [-0.15, -0.1) is 0 Å². The van der Waals surface area contributed by atoms with Gasteiger partial charge in [-0.3, -0.25) is 0 Å². The second-order valence-electron chi connectivity index (χ2n) is 5.13. The van der Waals surface area contributed by atoms with E-state index < -0.39 is 5.60 Å². The number of nitrogens with zero attached hydrogens (tertiary/aromatic N) is 1. The van der Waals surface area contributed by atoms with Crippen molar-refractivity contribution in [3.8, 4) is 0 Å². The third-order valence-corrected chi connectivity index (χ3v) is 2.51. The Morgan fingerprint density at radius 3 is 2.76 bits per heavy atom. The molecule has 1 unspecified atom stereocenters. The van der Waals surface area contributed by atoms with Crippen LogP contribution in [0.2, 0.25) is 0 Å². The van der Waals surface area contributed by atoms with Crippen molar-refractivity contribution in [1.29, 1.82) is 0 Å². The van der Waals surface area contributed by atoms with Gasteiger partial charge in [0.25, 0.3) is 0 Å². The molecule has 0 aromatic carbocycles. The van der Waals surface area contributed by atoms with E-state index in [-0.39, 0.29) is 12.1 Å². The van der Waals surface area contributed by atoms with Crippen molar-refractivity contribution in [2.45, 2.75) is 45.3 Å². The minimum Gasteiger partial charge on any atom is -0.444 e. The van der Waals surface area contributed by atoms with Crippen LogP contribution in [0, 0.1) is 0 Å². The van der Waals surface area contributed by atoms with Crippen LogP contribution in [0.1, 0.15) is 33.6 Å². The van der Waals surface area contributed by atoms with E-state index in [2.05, 4.69) is 0 Å². The summed E-state index contributed by atoms with van der Waals surface area (Å²) in [6.45, 7) is 7.04. The maximum Gasteiger partial charge on any atom is 0.410 e. The quantitative estimate of drug-likeness (QED) is 0.691. The molecule has 98 valence electrons. The first kappa shape index (κ1) is 14.0. The number of carbonyl (C=O) groups is 2. The second-order valence-corrected chi connectivity index (χ2v) is 5.13. The van der Waals surface area contributed by atoms with Crippen LogP contribution in [0.5, 0.6) is 0 Å². The van der Waals surface area contributed by atoms with Crippen LogP contribution < -0.4 is 0 Å². The van der Waals surface area contributed by atoms with Crippen LogP contribution in [0.25, 0.3) is 0 Å². The Kier molecular flexibility index (Phi) is 4.93. The normalized spacial score (nSPS) is 21.8. The number of aldehydes is 1. The van der Waals surface area contributed by atoms with Crippen LogP contribution >= 0.6 is 0 Å². The maximum atomic E-state index is 12.0. The highest BCUT2D eigenvalue weighted by molar-refractivity contribution is 5.69. The lowest BCUT2D eigenvalue weighted by Gasteiger charge is -2.30. The molecule has 0 radical (unpaired) electrons. The highest BCUT2D eigenvalue weighted by Gasteiger charge is 2.29. The van der Waals surface area contributed by atoms with E-state index in [1.54, 1.807) is 4.90 Å². The molecule has 0 aromatic heterocycles. The molecule has 0 saturated carbocycles. The molecule has 1 atom stereocenters. The predicted molar refractivity (Wildman–Crippen MR) is 62.8 cm³/mol. The van der Waals surface area contributed by atoms with Crippen molar-refractivity contribution in [2.75, 3.05) is 19.8 Å². The summed E-state index contributed by atoms with van der Waals surface area (Å²) < 4.78 is 10.6. The topological polar surface area (TPSA) is 55.8 Å². The summed E-state index contributed by atoms with van der Waals surface area (Å²) in [7, 11) is 0. The van der Waals surface area contributed by atoms with Crippen molar-refractivity contribution in [3.63, 3.8) is 0 Å². The van der Waals surface area contributed by atoms with Gasteiger partial charge in [0.15, 0.2) is 0 Å². The van der Waals surface area contributed by atoms with Gasteiger partial charge in [-0.1, -0.05) is 0 Å². The summed E-state index contributed by atoms with van der Waals surface area (Å²) in [5.41, 5.74) is -0.518. The van der Waals surface area contributed by atoms with Crippen LogP contribution in [0.3, 0.4) is 0 Å². The number of ether oxygens (including phenoxy) is 2. The zero-order chi connectivity index (χ0) is 12.9. The Labute approximate surface area is 102 Å². The van der Waals surface area contributed by atoms with E-state index in [1.807, 2.05) is 20.8 Å². The van der Waals surface area contributed by atoms with Gasteiger partial charge in [-0.25, -0.2) is 4.79 Å². The van der Waals surface area contributed by atoms with Gasteiger partial charge in [0.1, 0.15) is 11.9 Å². The van der Waals surface area contributed by atoms with Gasteiger partial charge in [0.2, 0.25) is 0 Å². The average molecular weight is 243 g/mol. The molecule has 0 aliphatic carbocycles. The fourth-order valence-electron chi connectivity index (χ4n) is 1.74. The molecule has 5 nitrogen and oxygen atoms in total. The molecular formula is C12H21NO4. The van der Waals surface area contributed by atoms with E-state index in [0.29, 0.717) is 32.6 Å². The molecule has 1 heterocycles. The average Bonchev–Trinajstić information content (AvgIpc) is 2.41.